The molecule has 2 fully saturated rings. The Morgan fingerprint density at radius 2 is 1.90 bits per heavy atom. The third-order valence-corrected chi connectivity index (χ3v) is 6.18. The number of piperidine rings is 1. The van der Waals surface area contributed by atoms with Crippen LogP contribution in [0, 0.1) is 0 Å². The van der Waals surface area contributed by atoms with Gasteiger partial charge < -0.3 is 15.4 Å². The summed E-state index contributed by atoms with van der Waals surface area (Å²) < 4.78 is 5.42. The molecule has 1 aromatic carbocycles. The lowest BCUT2D eigenvalue weighted by Crippen LogP contribution is -2.51. The van der Waals surface area contributed by atoms with Gasteiger partial charge in [0.15, 0.2) is 5.96 Å². The number of rotatable bonds is 9. The smallest absolute Gasteiger partial charge is 0.191 e. The highest BCUT2D eigenvalue weighted by Gasteiger charge is 2.25. The van der Waals surface area contributed by atoms with Crippen LogP contribution in [0.1, 0.15) is 45.1 Å². The van der Waals surface area contributed by atoms with Crippen LogP contribution in [0.3, 0.4) is 0 Å². The second kappa shape index (κ2) is 15.0. The average Bonchev–Trinajstić information content (AvgIpc) is 2.77. The van der Waals surface area contributed by atoms with Gasteiger partial charge in [-0.05, 0) is 51.6 Å². The van der Waals surface area contributed by atoms with E-state index in [-0.39, 0.29) is 24.0 Å². The molecule has 0 aromatic heterocycles. The summed E-state index contributed by atoms with van der Waals surface area (Å²) in [5.41, 5.74) is 1.41. The Labute approximate surface area is 206 Å². The molecule has 176 valence electrons. The molecule has 3 rings (SSSR count). The van der Waals surface area contributed by atoms with Crippen LogP contribution >= 0.6 is 24.0 Å². The molecule has 7 heteroatoms. The zero-order chi connectivity index (χ0) is 21.0. The van der Waals surface area contributed by atoms with Gasteiger partial charge in [-0.3, -0.25) is 14.8 Å². The number of morpholine rings is 1. The summed E-state index contributed by atoms with van der Waals surface area (Å²) >= 11 is 0. The molecule has 0 spiro atoms. The summed E-state index contributed by atoms with van der Waals surface area (Å²) in [6.07, 6.45) is 4.67. The van der Waals surface area contributed by atoms with Crippen LogP contribution in [0.5, 0.6) is 0 Å². The molecule has 31 heavy (non-hydrogen) atoms. The van der Waals surface area contributed by atoms with E-state index >= 15 is 0 Å². The maximum absolute atomic E-state index is 5.42. The molecule has 2 heterocycles. The molecule has 2 N–H and O–H groups in total. The van der Waals surface area contributed by atoms with Crippen molar-refractivity contribution >= 4 is 29.9 Å². The molecule has 0 amide bonds. The maximum Gasteiger partial charge on any atom is 0.191 e. The van der Waals surface area contributed by atoms with E-state index in [1.165, 1.54) is 24.9 Å². The minimum Gasteiger partial charge on any atom is -0.379 e. The average molecular weight is 544 g/mol. The first-order valence-electron chi connectivity index (χ1n) is 11.9. The van der Waals surface area contributed by atoms with Crippen LogP contribution in [-0.4, -0.2) is 80.3 Å². The predicted octanol–water partition coefficient (Wildman–Crippen LogP) is 3.33. The summed E-state index contributed by atoms with van der Waals surface area (Å²) in [4.78, 5) is 9.94. The molecular weight excluding hydrogens is 501 g/mol. The number of nitrogens with one attached hydrogen (secondary N) is 2. The van der Waals surface area contributed by atoms with Gasteiger partial charge in [0.2, 0.25) is 0 Å². The fourth-order valence-corrected chi connectivity index (χ4v) is 4.38. The molecule has 2 atom stereocenters. The third kappa shape index (κ3) is 9.63. The first kappa shape index (κ1) is 26.4. The number of guanidine groups is 1. The van der Waals surface area contributed by atoms with Gasteiger partial charge in [0, 0.05) is 51.4 Å². The van der Waals surface area contributed by atoms with Gasteiger partial charge in [0.25, 0.3) is 0 Å². The van der Waals surface area contributed by atoms with Gasteiger partial charge in [-0.1, -0.05) is 30.3 Å². The number of hydrogen-bond donors (Lipinski definition) is 2. The van der Waals surface area contributed by atoms with Crippen LogP contribution in [0.4, 0.5) is 0 Å². The number of ether oxygens (including phenoxy) is 1. The van der Waals surface area contributed by atoms with Crippen molar-refractivity contribution in [2.75, 3.05) is 52.5 Å². The van der Waals surface area contributed by atoms with Crippen LogP contribution < -0.4 is 10.6 Å². The summed E-state index contributed by atoms with van der Waals surface area (Å²) in [6.45, 7) is 13.6. The SMILES string of the molecule is CCNC(=NCCCCN1CCOCC1)NC1CCN(Cc2ccccc2)C(C)C1.I. The Hall–Kier alpha value is -0.900. The van der Waals surface area contributed by atoms with Gasteiger partial charge in [0.1, 0.15) is 0 Å². The molecule has 0 radical (unpaired) electrons. The fourth-order valence-electron chi connectivity index (χ4n) is 4.38. The third-order valence-electron chi connectivity index (χ3n) is 6.18. The minimum absolute atomic E-state index is 0. The molecule has 2 aliphatic heterocycles. The Bertz CT molecular complexity index is 624. The van der Waals surface area contributed by atoms with E-state index < -0.39 is 0 Å². The first-order valence-corrected chi connectivity index (χ1v) is 11.9. The largest absolute Gasteiger partial charge is 0.379 e. The predicted molar refractivity (Wildman–Crippen MR) is 140 cm³/mol. The van der Waals surface area contributed by atoms with Crippen molar-refractivity contribution in [3.63, 3.8) is 0 Å². The van der Waals surface area contributed by atoms with E-state index in [1.807, 2.05) is 0 Å². The number of likely N-dealkylation sites (tertiary alicyclic amines) is 1. The van der Waals surface area contributed by atoms with E-state index in [9.17, 15) is 0 Å². The van der Waals surface area contributed by atoms with E-state index in [1.54, 1.807) is 0 Å². The zero-order valence-electron chi connectivity index (χ0n) is 19.4. The van der Waals surface area contributed by atoms with Gasteiger partial charge >= 0.3 is 0 Å². The van der Waals surface area contributed by atoms with E-state index in [2.05, 4.69) is 64.6 Å². The van der Waals surface area contributed by atoms with Crippen molar-refractivity contribution in [2.45, 2.75) is 58.2 Å². The molecule has 2 unspecified atom stereocenters. The molecule has 0 bridgehead atoms. The molecule has 0 saturated carbocycles. The summed E-state index contributed by atoms with van der Waals surface area (Å²) in [7, 11) is 0. The highest BCUT2D eigenvalue weighted by molar-refractivity contribution is 14.0. The van der Waals surface area contributed by atoms with Crippen LogP contribution in [0.25, 0.3) is 0 Å². The fraction of sp³-hybridized carbons (Fsp3) is 0.708. The quantitative estimate of drug-likeness (QED) is 0.217. The lowest BCUT2D eigenvalue weighted by Gasteiger charge is -2.38. The number of hydrogen-bond acceptors (Lipinski definition) is 4. The van der Waals surface area contributed by atoms with Crippen LogP contribution in [0.15, 0.2) is 35.3 Å². The molecule has 1 aromatic rings. The lowest BCUT2D eigenvalue weighted by molar-refractivity contribution is 0.0373. The number of aliphatic imine (C=N–C) groups is 1. The standard InChI is InChI=1S/C24H41N5O.HI/c1-3-25-24(26-12-7-8-13-28-15-17-30-18-16-28)27-23-11-14-29(21(2)19-23)20-22-9-5-4-6-10-22;/h4-6,9-10,21,23H,3,7-8,11-20H2,1-2H3,(H2,25,26,27);1H. The second-order valence-electron chi connectivity index (χ2n) is 8.59. The van der Waals surface area contributed by atoms with Crippen molar-refractivity contribution in [3.8, 4) is 0 Å². The van der Waals surface area contributed by atoms with Gasteiger partial charge in [-0.25, -0.2) is 0 Å². The Balaban J connectivity index is 0.00000341. The summed E-state index contributed by atoms with van der Waals surface area (Å²) in [5, 5.41) is 7.13. The number of unbranched alkanes of at least 4 members (excludes halogenated alkanes) is 1. The van der Waals surface area contributed by atoms with E-state index in [4.69, 9.17) is 9.73 Å². The summed E-state index contributed by atoms with van der Waals surface area (Å²) in [5.74, 6) is 0.984. The zero-order valence-corrected chi connectivity index (χ0v) is 21.7. The van der Waals surface area contributed by atoms with Crippen molar-refractivity contribution in [3.05, 3.63) is 35.9 Å². The van der Waals surface area contributed by atoms with Gasteiger partial charge in [0.05, 0.1) is 13.2 Å². The van der Waals surface area contributed by atoms with Crippen molar-refractivity contribution in [1.29, 1.82) is 0 Å². The molecule has 2 saturated heterocycles. The lowest BCUT2D eigenvalue weighted by atomic mass is 9.97. The van der Waals surface area contributed by atoms with Crippen molar-refractivity contribution in [1.82, 2.24) is 20.4 Å². The highest BCUT2D eigenvalue weighted by atomic mass is 127. The minimum atomic E-state index is 0. The normalized spacial score (nSPS) is 23.2. The monoisotopic (exact) mass is 543 g/mol. The Morgan fingerprint density at radius 3 is 2.61 bits per heavy atom. The van der Waals surface area contributed by atoms with Crippen LogP contribution in [0.2, 0.25) is 0 Å². The van der Waals surface area contributed by atoms with Crippen LogP contribution in [-0.2, 0) is 11.3 Å². The van der Waals surface area contributed by atoms with Crippen molar-refractivity contribution in [2.24, 2.45) is 4.99 Å². The number of benzene rings is 1. The highest BCUT2D eigenvalue weighted by Crippen LogP contribution is 2.20. The number of halogens is 1. The maximum atomic E-state index is 5.42. The Morgan fingerprint density at radius 1 is 1.13 bits per heavy atom. The van der Waals surface area contributed by atoms with E-state index in [0.29, 0.717) is 12.1 Å². The topological polar surface area (TPSA) is 52.1 Å². The van der Waals surface area contributed by atoms with Gasteiger partial charge in [-0.15, -0.1) is 24.0 Å². The van der Waals surface area contributed by atoms with E-state index in [0.717, 1.165) is 71.3 Å². The number of nitrogens with zero attached hydrogens (tertiary/aromatic N) is 3. The van der Waals surface area contributed by atoms with Gasteiger partial charge in [-0.2, -0.15) is 0 Å². The first-order chi connectivity index (χ1) is 14.7. The molecular formula is C24H42IN5O. The summed E-state index contributed by atoms with van der Waals surface area (Å²) in [6, 6.07) is 11.9. The molecule has 0 aliphatic carbocycles. The molecule has 6 nitrogen and oxygen atoms in total. The molecule has 2 aliphatic rings. The Kier molecular flexibility index (Phi) is 12.8. The second-order valence-corrected chi connectivity index (χ2v) is 8.59. The van der Waals surface area contributed by atoms with Crippen molar-refractivity contribution < 1.29 is 4.74 Å².